The van der Waals surface area contributed by atoms with Gasteiger partial charge in [-0.15, -0.1) is 0 Å². The maximum atomic E-state index is 15.2. The molecule has 8 rings (SSSR count). The Balaban J connectivity index is 1.22. The van der Waals surface area contributed by atoms with Gasteiger partial charge in [0.05, 0.1) is 30.0 Å². The number of aromatic hydroxyl groups is 1. The lowest BCUT2D eigenvalue weighted by molar-refractivity contribution is -0.169. The van der Waals surface area contributed by atoms with E-state index in [9.17, 15) is 35.4 Å². The number of hydrogen-bond acceptors (Lipinski definition) is 12. The summed E-state index contributed by atoms with van der Waals surface area (Å²) in [5.74, 6) is -2.76. The number of likely N-dealkylation sites (N-methyl/N-ethyl adjacent to an activating group) is 1. The molecular formula is C65H89N7O8. The average molecular weight is 1100 g/mol. The number of allylic oxidation sites excluding steroid dienone is 5. The lowest BCUT2D eigenvalue weighted by atomic mass is 9.52. The number of guanidine groups is 1. The fourth-order valence-corrected chi connectivity index (χ4v) is 14.6. The standard InChI is InChI=1S/C65H89N7O8/c1-7-69-53(27-20-37(2)3)38(4)12-8-17-48-54(75)19-11-16-44-34-65(60(78)58(44)48)52-26-25-46(74)31-40-13-9-14-41(30-40)32-50(51(35-71-63(67)68)42-21-23-45(73)24-22-42)56(77)36-70-59-57-43(15-10-18-49(57)61(66)72-62(59)79)33-55(76)39(5)47(52)28-29-64(65,6)80/h8-10,12-15,17-18,20-24,30,44,46,50-54,56,58-61,69-70,73-75,77-78,80H,4,7,11,16,19,25-29,31-36,66H2,1-3,5-6H3,(H,72,79)(H4,67,68,71). The van der Waals surface area contributed by atoms with Gasteiger partial charge in [0.15, 0.2) is 11.7 Å². The zero-order chi connectivity index (χ0) is 57.6. The molecule has 14 unspecified atom stereocenters. The van der Waals surface area contributed by atoms with E-state index in [1.54, 1.807) is 24.3 Å². The van der Waals surface area contributed by atoms with Crippen LogP contribution in [0, 0.1) is 29.1 Å². The molecule has 0 saturated heterocycles. The molecule has 3 saturated carbocycles. The summed E-state index contributed by atoms with van der Waals surface area (Å²) >= 11 is 0. The number of phenolic OH excluding ortho intramolecular Hbond substituents is 1. The van der Waals surface area contributed by atoms with Crippen molar-refractivity contribution in [1.82, 2.24) is 16.0 Å². The van der Waals surface area contributed by atoms with Crippen LogP contribution in [0.2, 0.25) is 0 Å². The molecule has 3 fully saturated rings. The Labute approximate surface area is 473 Å². The average Bonchev–Trinajstić information content (AvgIpc) is 3.74. The number of ketones is 1. The summed E-state index contributed by atoms with van der Waals surface area (Å²) in [7, 11) is 0. The Morgan fingerprint density at radius 3 is 2.41 bits per heavy atom. The number of aliphatic imine (C=N–C) groups is 1. The van der Waals surface area contributed by atoms with Crippen LogP contribution in [0.4, 0.5) is 0 Å². The zero-order valence-electron chi connectivity index (χ0n) is 47.6. The molecule has 2 aliphatic heterocycles. The number of fused-ring (bicyclic) bond motifs is 5. The number of carbonyl (C=O) groups excluding carboxylic acids is 2. The number of phenols is 1. The number of amides is 1. The number of nitrogens with one attached hydrogen (secondary N) is 3. The molecule has 2 heterocycles. The first-order chi connectivity index (χ1) is 38.1. The Bertz CT molecular complexity index is 2870. The lowest BCUT2D eigenvalue weighted by Crippen LogP contribution is -2.59. The van der Waals surface area contributed by atoms with Crippen molar-refractivity contribution in [2.75, 3.05) is 19.6 Å². The van der Waals surface area contributed by atoms with Gasteiger partial charge in [-0.25, -0.2) is 0 Å². The quantitative estimate of drug-likeness (QED) is 0.0419. The van der Waals surface area contributed by atoms with Crippen LogP contribution in [0.3, 0.4) is 0 Å². The molecule has 3 aromatic rings. The third kappa shape index (κ3) is 13.1. The van der Waals surface area contributed by atoms with Gasteiger partial charge in [0, 0.05) is 42.8 Å². The molecule has 2 bridgehead atoms. The van der Waals surface area contributed by atoms with Crippen molar-refractivity contribution in [3.8, 4) is 5.75 Å². The zero-order valence-corrected chi connectivity index (χ0v) is 47.6. The topological polar surface area (TPSA) is 282 Å². The molecule has 1 spiro atoms. The monoisotopic (exact) mass is 1100 g/mol. The molecule has 15 N–H and O–H groups in total. The Hall–Kier alpha value is -5.75. The van der Waals surface area contributed by atoms with Crippen LogP contribution in [0.1, 0.15) is 144 Å². The van der Waals surface area contributed by atoms with Crippen LogP contribution in [0.25, 0.3) is 0 Å². The fourth-order valence-electron chi connectivity index (χ4n) is 14.6. The normalized spacial score (nSPS) is 31.8. The van der Waals surface area contributed by atoms with E-state index in [0.29, 0.717) is 67.2 Å². The predicted molar refractivity (Wildman–Crippen MR) is 315 cm³/mol. The molecule has 15 nitrogen and oxygen atoms in total. The summed E-state index contributed by atoms with van der Waals surface area (Å²) in [6, 6.07) is 19.2. The first-order valence-corrected chi connectivity index (χ1v) is 29.1. The largest absolute Gasteiger partial charge is 0.508 e. The van der Waals surface area contributed by atoms with E-state index in [2.05, 4.69) is 54.4 Å². The number of nitrogens with zero attached hydrogens (tertiary/aromatic N) is 1. The minimum atomic E-state index is -1.39. The van der Waals surface area contributed by atoms with Gasteiger partial charge in [0.25, 0.3) is 0 Å². The van der Waals surface area contributed by atoms with Crippen molar-refractivity contribution in [3.63, 3.8) is 0 Å². The number of benzene rings is 3. The van der Waals surface area contributed by atoms with E-state index in [1.807, 2.05) is 74.5 Å². The van der Waals surface area contributed by atoms with Gasteiger partial charge >= 0.3 is 0 Å². The summed E-state index contributed by atoms with van der Waals surface area (Å²) in [5.41, 5.74) is 24.5. The maximum absolute atomic E-state index is 15.2. The minimum Gasteiger partial charge on any atom is -0.508 e. The summed E-state index contributed by atoms with van der Waals surface area (Å²) in [6.45, 7) is 15.1. The molecule has 80 heavy (non-hydrogen) atoms. The number of hydrogen-bond donors (Lipinski definition) is 12. The van der Waals surface area contributed by atoms with E-state index < -0.39 is 77.2 Å². The maximum Gasteiger partial charge on any atom is 0.243 e. The van der Waals surface area contributed by atoms with Crippen molar-refractivity contribution in [2.24, 2.45) is 51.3 Å². The number of carbonyl (C=O) groups is 2. The number of aliphatic hydroxyl groups excluding tert-OH is 4. The van der Waals surface area contributed by atoms with Crippen LogP contribution in [0.5, 0.6) is 5.75 Å². The SMILES string of the molecule is C=C(C=CC=C1C(O)CCCC2CC3(C4CCC(O)Cc5cccc(c5)CC(C(CN=C(N)N)c5ccc(O)cc5)C(O)CNC5C(=O)NC(N)c6cccc(c65)CC(=O)C(C)=C4CCC3(C)O)C(O)C12)C(CC=C(C)C)NCC. The molecule has 0 aromatic heterocycles. The molecule has 3 aliphatic carbocycles. The molecule has 432 valence electrons. The summed E-state index contributed by atoms with van der Waals surface area (Å²) in [6.07, 6.45) is 8.50. The number of nitrogens with two attached hydrogens (primary N) is 3. The highest BCUT2D eigenvalue weighted by Gasteiger charge is 2.67. The van der Waals surface area contributed by atoms with Crippen LogP contribution < -0.4 is 33.2 Å². The van der Waals surface area contributed by atoms with Gasteiger partial charge in [0.1, 0.15) is 18.0 Å². The van der Waals surface area contributed by atoms with Gasteiger partial charge in [-0.05, 0) is 178 Å². The summed E-state index contributed by atoms with van der Waals surface area (Å²) in [5, 5.41) is 83.2. The summed E-state index contributed by atoms with van der Waals surface area (Å²) in [4.78, 5) is 33.9. The van der Waals surface area contributed by atoms with Gasteiger partial charge in [-0.3, -0.25) is 19.9 Å². The third-order valence-corrected chi connectivity index (χ3v) is 18.7. The molecule has 15 heteroatoms. The third-order valence-electron chi connectivity index (χ3n) is 18.7. The van der Waals surface area contributed by atoms with Crippen LogP contribution >= 0.6 is 0 Å². The smallest absolute Gasteiger partial charge is 0.243 e. The van der Waals surface area contributed by atoms with Crippen LogP contribution in [-0.4, -0.2) is 104 Å². The van der Waals surface area contributed by atoms with Gasteiger partial charge in [0.2, 0.25) is 5.91 Å². The number of rotatable bonds is 11. The molecule has 5 aliphatic rings. The van der Waals surface area contributed by atoms with Crippen molar-refractivity contribution < 1.29 is 40.2 Å². The van der Waals surface area contributed by atoms with Crippen molar-refractivity contribution in [1.29, 1.82) is 0 Å². The van der Waals surface area contributed by atoms with Crippen molar-refractivity contribution in [3.05, 3.63) is 159 Å². The highest BCUT2D eigenvalue weighted by molar-refractivity contribution is 5.98. The molecule has 3 aromatic carbocycles. The Morgan fingerprint density at radius 1 is 0.975 bits per heavy atom. The summed E-state index contributed by atoms with van der Waals surface area (Å²) < 4.78 is 0. The van der Waals surface area contributed by atoms with Gasteiger partial charge < -0.3 is 58.5 Å². The Morgan fingerprint density at radius 2 is 1.70 bits per heavy atom. The van der Waals surface area contributed by atoms with E-state index in [4.69, 9.17) is 17.2 Å². The van der Waals surface area contributed by atoms with Crippen molar-refractivity contribution in [2.45, 2.75) is 166 Å². The highest BCUT2D eigenvalue weighted by atomic mass is 16.3. The van der Waals surface area contributed by atoms with Crippen LogP contribution in [0.15, 0.2) is 130 Å². The minimum absolute atomic E-state index is 0.0260. The van der Waals surface area contributed by atoms with E-state index >= 15 is 4.79 Å². The number of β-amino-alcohol motifs (C(OH)–C–C–N with tert-alkyl or cyclic N) is 1. The van der Waals surface area contributed by atoms with Crippen LogP contribution in [-0.2, 0) is 28.9 Å². The highest BCUT2D eigenvalue weighted by Crippen LogP contribution is 2.66. The van der Waals surface area contributed by atoms with E-state index in [0.717, 1.165) is 59.2 Å². The Kier molecular flexibility index (Phi) is 19.6. The molecule has 0 radical (unpaired) electrons. The second-order valence-electron chi connectivity index (χ2n) is 24.1. The van der Waals surface area contributed by atoms with Crippen molar-refractivity contribution >= 4 is 17.6 Å². The van der Waals surface area contributed by atoms with Gasteiger partial charge in [-0.2, -0.15) is 0 Å². The fraction of sp³-hybridized carbons (Fsp3) is 0.523. The first-order valence-electron chi connectivity index (χ1n) is 29.1. The lowest BCUT2D eigenvalue weighted by Gasteiger charge is -2.56. The first kappa shape index (κ1) is 60.3. The number of aliphatic hydroxyl groups is 5. The molecule has 14 atom stereocenters. The van der Waals surface area contributed by atoms with Gasteiger partial charge in [-0.1, -0.05) is 110 Å². The molecule has 1 amide bonds. The number of Topliss-reactive ketones (excluding diaryl/α,β-unsaturated/α-hetero) is 1. The predicted octanol–water partition coefficient (Wildman–Crippen LogP) is 6.57. The second-order valence-corrected chi connectivity index (χ2v) is 24.1. The van der Waals surface area contributed by atoms with E-state index in [1.165, 1.54) is 5.57 Å². The van der Waals surface area contributed by atoms with E-state index in [-0.39, 0.29) is 55.4 Å². The molecular weight excluding hydrogens is 1010 g/mol. The second kappa shape index (κ2) is 26.0.